The van der Waals surface area contributed by atoms with Crippen molar-refractivity contribution in [2.45, 2.75) is 25.2 Å². The molecule has 0 radical (unpaired) electrons. The minimum Gasteiger partial charge on any atom is -0.342 e. The zero-order chi connectivity index (χ0) is 14.6. The maximum absolute atomic E-state index is 12.4. The van der Waals surface area contributed by atoms with Crippen LogP contribution in [-0.4, -0.2) is 36.2 Å². The second-order valence-corrected chi connectivity index (χ2v) is 7.14. The van der Waals surface area contributed by atoms with Gasteiger partial charge in [-0.25, -0.2) is 0 Å². The second kappa shape index (κ2) is 6.64. The van der Waals surface area contributed by atoms with Crippen LogP contribution in [0.3, 0.4) is 0 Å². The van der Waals surface area contributed by atoms with E-state index in [1.54, 1.807) is 11.8 Å². The van der Waals surface area contributed by atoms with Crippen LogP contribution in [0.15, 0.2) is 35.2 Å². The average Bonchev–Trinajstić information content (AvgIpc) is 2.88. The Bertz CT molecular complexity index is 451. The third-order valence-corrected chi connectivity index (χ3v) is 5.30. The number of nitrogens with two attached hydrogens (primary N) is 1. The van der Waals surface area contributed by atoms with Crippen LogP contribution in [0.1, 0.15) is 20.3 Å². The van der Waals surface area contributed by atoms with Crippen LogP contribution in [0.25, 0.3) is 0 Å². The Kier molecular flexibility index (Phi) is 5.11. The van der Waals surface area contributed by atoms with E-state index in [1.165, 1.54) is 4.90 Å². The molecule has 1 fully saturated rings. The lowest BCUT2D eigenvalue weighted by Crippen LogP contribution is -2.37. The molecule has 2 rings (SSSR count). The molecule has 2 N–H and O–H groups in total. The molecule has 0 saturated carbocycles. The Morgan fingerprint density at radius 3 is 2.75 bits per heavy atom. The molecule has 0 aromatic heterocycles. The Morgan fingerprint density at radius 2 is 2.15 bits per heavy atom. The lowest BCUT2D eigenvalue weighted by Gasteiger charge is -2.24. The molecule has 0 bridgehead atoms. The van der Waals surface area contributed by atoms with Gasteiger partial charge in [0.05, 0.1) is 0 Å². The largest absolute Gasteiger partial charge is 0.342 e. The zero-order valence-corrected chi connectivity index (χ0v) is 13.2. The first-order valence-electron chi connectivity index (χ1n) is 7.21. The summed E-state index contributed by atoms with van der Waals surface area (Å²) in [5, 5.41) is 0. The first kappa shape index (κ1) is 15.4. The number of rotatable bonds is 5. The lowest BCUT2D eigenvalue weighted by atomic mass is 9.90. The minimum absolute atomic E-state index is 0.0559. The van der Waals surface area contributed by atoms with E-state index in [1.807, 2.05) is 30.0 Å². The number of carbonyl (C=O) groups is 1. The predicted octanol–water partition coefficient (Wildman–Crippen LogP) is 2.61. The molecule has 2 atom stereocenters. The van der Waals surface area contributed by atoms with Crippen molar-refractivity contribution < 1.29 is 4.79 Å². The van der Waals surface area contributed by atoms with Crippen molar-refractivity contribution in [1.82, 2.24) is 4.90 Å². The van der Waals surface area contributed by atoms with Crippen molar-refractivity contribution >= 4 is 17.7 Å². The first-order chi connectivity index (χ1) is 9.54. The molecule has 20 heavy (non-hydrogen) atoms. The van der Waals surface area contributed by atoms with Gasteiger partial charge in [0.1, 0.15) is 0 Å². The lowest BCUT2D eigenvalue weighted by molar-refractivity contribution is -0.133. The summed E-state index contributed by atoms with van der Waals surface area (Å²) in [6.07, 6.45) is 1.02. The van der Waals surface area contributed by atoms with Crippen molar-refractivity contribution in [2.75, 3.05) is 25.4 Å². The maximum Gasteiger partial charge on any atom is 0.226 e. The summed E-state index contributed by atoms with van der Waals surface area (Å²) < 4.78 is 0. The fraction of sp³-hybridized carbons (Fsp3) is 0.562. The molecule has 3 nitrogen and oxygen atoms in total. The van der Waals surface area contributed by atoms with E-state index in [-0.39, 0.29) is 17.2 Å². The molecule has 2 unspecified atom stereocenters. The van der Waals surface area contributed by atoms with Crippen LogP contribution in [0.5, 0.6) is 0 Å². The standard InChI is InChI=1S/C16H24N2OS/c1-13(10-20-14-6-4-3-5-7-14)15(19)18-9-8-16(2,11-17)12-18/h3-7,13H,8-12,17H2,1-2H3. The molecular weight excluding hydrogens is 268 g/mol. The SMILES string of the molecule is CC(CSc1ccccc1)C(=O)N1CCC(C)(CN)C1. The third-order valence-electron chi connectivity index (χ3n) is 4.03. The van der Waals surface area contributed by atoms with E-state index in [0.717, 1.165) is 25.3 Å². The number of thioether (sulfide) groups is 1. The topological polar surface area (TPSA) is 46.3 Å². The zero-order valence-electron chi connectivity index (χ0n) is 12.3. The van der Waals surface area contributed by atoms with Gasteiger partial charge in [-0.05, 0) is 30.5 Å². The van der Waals surface area contributed by atoms with Crippen LogP contribution in [0.2, 0.25) is 0 Å². The van der Waals surface area contributed by atoms with E-state index in [9.17, 15) is 4.79 Å². The molecule has 0 aliphatic carbocycles. The molecule has 110 valence electrons. The van der Waals surface area contributed by atoms with Crippen molar-refractivity contribution in [3.05, 3.63) is 30.3 Å². The predicted molar refractivity (Wildman–Crippen MR) is 84.7 cm³/mol. The fourth-order valence-electron chi connectivity index (χ4n) is 2.50. The number of carbonyl (C=O) groups excluding carboxylic acids is 1. The van der Waals surface area contributed by atoms with Gasteiger partial charge in [0.15, 0.2) is 0 Å². The molecule has 4 heteroatoms. The van der Waals surface area contributed by atoms with Gasteiger partial charge < -0.3 is 10.6 Å². The molecule has 1 heterocycles. The molecule has 0 spiro atoms. The van der Waals surface area contributed by atoms with Crippen LogP contribution in [0.4, 0.5) is 0 Å². The van der Waals surface area contributed by atoms with Gasteiger partial charge in [0.25, 0.3) is 0 Å². The van der Waals surface area contributed by atoms with Gasteiger partial charge in [0.2, 0.25) is 5.91 Å². The van der Waals surface area contributed by atoms with E-state index >= 15 is 0 Å². The van der Waals surface area contributed by atoms with Gasteiger partial charge in [-0.3, -0.25) is 4.79 Å². The molecule has 1 aromatic rings. The summed E-state index contributed by atoms with van der Waals surface area (Å²) in [6, 6.07) is 10.2. The summed E-state index contributed by atoms with van der Waals surface area (Å²) in [5.74, 6) is 1.16. The molecule has 1 aliphatic heterocycles. The highest BCUT2D eigenvalue weighted by Gasteiger charge is 2.36. The summed E-state index contributed by atoms with van der Waals surface area (Å²) in [4.78, 5) is 15.7. The second-order valence-electron chi connectivity index (χ2n) is 6.05. The van der Waals surface area contributed by atoms with E-state index in [0.29, 0.717) is 6.54 Å². The monoisotopic (exact) mass is 292 g/mol. The first-order valence-corrected chi connectivity index (χ1v) is 8.19. The van der Waals surface area contributed by atoms with E-state index in [2.05, 4.69) is 19.1 Å². The fourth-order valence-corrected chi connectivity index (χ4v) is 3.43. The molecule has 1 amide bonds. The number of hydrogen-bond acceptors (Lipinski definition) is 3. The molecule has 1 saturated heterocycles. The van der Waals surface area contributed by atoms with Gasteiger partial charge in [0, 0.05) is 29.7 Å². The summed E-state index contributed by atoms with van der Waals surface area (Å²) in [7, 11) is 0. The Morgan fingerprint density at radius 1 is 1.45 bits per heavy atom. The van der Waals surface area contributed by atoms with Gasteiger partial charge >= 0.3 is 0 Å². The summed E-state index contributed by atoms with van der Waals surface area (Å²) >= 11 is 1.75. The Labute approximate surface area is 125 Å². The molecular formula is C16H24N2OS. The van der Waals surface area contributed by atoms with Crippen LogP contribution in [-0.2, 0) is 4.79 Å². The highest BCUT2D eigenvalue weighted by Crippen LogP contribution is 2.30. The highest BCUT2D eigenvalue weighted by molar-refractivity contribution is 7.99. The van der Waals surface area contributed by atoms with E-state index < -0.39 is 0 Å². The quantitative estimate of drug-likeness (QED) is 0.849. The maximum atomic E-state index is 12.4. The van der Waals surface area contributed by atoms with Crippen molar-refractivity contribution in [3.63, 3.8) is 0 Å². The van der Waals surface area contributed by atoms with Crippen molar-refractivity contribution in [1.29, 1.82) is 0 Å². The van der Waals surface area contributed by atoms with Gasteiger partial charge in [-0.1, -0.05) is 32.0 Å². The number of nitrogens with zero attached hydrogens (tertiary/aromatic N) is 1. The number of benzene rings is 1. The van der Waals surface area contributed by atoms with Gasteiger partial charge in [-0.2, -0.15) is 0 Å². The molecule has 1 aliphatic rings. The number of likely N-dealkylation sites (tertiary alicyclic amines) is 1. The smallest absolute Gasteiger partial charge is 0.226 e. The summed E-state index contributed by atoms with van der Waals surface area (Å²) in [6.45, 7) is 6.51. The Hall–Kier alpha value is -1.00. The highest BCUT2D eigenvalue weighted by atomic mass is 32.2. The number of hydrogen-bond donors (Lipinski definition) is 1. The van der Waals surface area contributed by atoms with E-state index in [4.69, 9.17) is 5.73 Å². The number of amides is 1. The molecule has 1 aromatic carbocycles. The van der Waals surface area contributed by atoms with Crippen LogP contribution < -0.4 is 5.73 Å². The van der Waals surface area contributed by atoms with Crippen LogP contribution >= 0.6 is 11.8 Å². The van der Waals surface area contributed by atoms with Crippen molar-refractivity contribution in [3.8, 4) is 0 Å². The Balaban J connectivity index is 1.84. The van der Waals surface area contributed by atoms with Gasteiger partial charge in [-0.15, -0.1) is 11.8 Å². The van der Waals surface area contributed by atoms with Crippen LogP contribution in [0, 0.1) is 11.3 Å². The third kappa shape index (κ3) is 3.76. The summed E-state index contributed by atoms with van der Waals surface area (Å²) in [5.41, 5.74) is 5.91. The van der Waals surface area contributed by atoms with Crippen molar-refractivity contribution in [2.24, 2.45) is 17.1 Å². The average molecular weight is 292 g/mol. The normalized spacial score (nSPS) is 23.9. The minimum atomic E-state index is 0.0559.